The van der Waals surface area contributed by atoms with Gasteiger partial charge in [0.2, 0.25) is 0 Å². The fraction of sp³-hybridized carbons (Fsp3) is 0.133. The monoisotopic (exact) mass is 302 g/mol. The summed E-state index contributed by atoms with van der Waals surface area (Å²) in [5, 5.41) is 8.76. The van der Waals surface area contributed by atoms with Gasteiger partial charge >= 0.3 is 7.23 Å². The molecule has 1 unspecified atom stereocenters. The fourth-order valence-electron chi connectivity index (χ4n) is 1.91. The molecule has 0 spiro atoms. The molecule has 3 nitrogen and oxygen atoms in total. The second-order valence-electron chi connectivity index (χ2n) is 4.25. The van der Waals surface area contributed by atoms with Crippen LogP contribution in [0.25, 0.3) is 0 Å². The van der Waals surface area contributed by atoms with E-state index >= 15 is 0 Å². The van der Waals surface area contributed by atoms with Crippen molar-refractivity contribution in [1.29, 1.82) is 5.26 Å². The van der Waals surface area contributed by atoms with Crippen LogP contribution in [0.3, 0.4) is 0 Å². The van der Waals surface area contributed by atoms with E-state index in [0.717, 1.165) is 24.0 Å². The third-order valence-corrected chi connectivity index (χ3v) is 3.51. The molecule has 0 saturated heterocycles. The molecule has 0 radical (unpaired) electrons. The highest BCUT2D eigenvalue weighted by Crippen LogP contribution is 2.33. The van der Waals surface area contributed by atoms with E-state index in [-0.39, 0.29) is 0 Å². The molecule has 2 aromatic rings. The van der Waals surface area contributed by atoms with Crippen molar-refractivity contribution in [1.82, 2.24) is 0 Å². The maximum absolute atomic E-state index is 11.1. The number of hydrogen-bond donors (Lipinski definition) is 1. The largest absolute Gasteiger partial charge is 0.631 e. The average molecular weight is 302 g/mol. The van der Waals surface area contributed by atoms with E-state index in [2.05, 4.69) is 18.3 Å². The summed E-state index contributed by atoms with van der Waals surface area (Å²) in [6.45, 7) is 0. The minimum absolute atomic E-state index is 0.609. The zero-order valence-electron chi connectivity index (χ0n) is 10.7. The van der Waals surface area contributed by atoms with E-state index in [1.165, 1.54) is 0 Å². The Bertz CT molecular complexity index is 650. The van der Waals surface area contributed by atoms with Crippen molar-refractivity contribution in [3.63, 3.8) is 0 Å². The predicted molar refractivity (Wildman–Crippen MR) is 82.2 cm³/mol. The van der Waals surface area contributed by atoms with Crippen LogP contribution in [-0.4, -0.2) is 0 Å². The third-order valence-electron chi connectivity index (χ3n) is 2.92. The van der Waals surface area contributed by atoms with Crippen LogP contribution >= 0.6 is 19.5 Å². The highest BCUT2D eigenvalue weighted by molar-refractivity contribution is 8.39. The van der Waals surface area contributed by atoms with Gasteiger partial charge in [-0.1, -0.05) is 30.3 Å². The van der Waals surface area contributed by atoms with Gasteiger partial charge in [-0.2, -0.15) is 5.26 Å². The van der Waals surface area contributed by atoms with Crippen molar-refractivity contribution >= 4 is 19.5 Å². The molecule has 0 saturated carbocycles. The van der Waals surface area contributed by atoms with Crippen LogP contribution in [0.2, 0.25) is 0 Å². The SMILES string of the molecule is N#Cc1ccc(CCc2ccccc2O[P+](=O)S)cc1. The van der Waals surface area contributed by atoms with E-state index in [0.29, 0.717) is 11.3 Å². The summed E-state index contributed by atoms with van der Waals surface area (Å²) >= 11 is 3.77. The molecule has 0 heterocycles. The van der Waals surface area contributed by atoms with Gasteiger partial charge in [0.25, 0.3) is 0 Å². The highest BCUT2D eigenvalue weighted by Gasteiger charge is 2.15. The lowest BCUT2D eigenvalue weighted by molar-refractivity contribution is 0.517. The van der Waals surface area contributed by atoms with Crippen LogP contribution in [0.4, 0.5) is 0 Å². The number of para-hydroxylation sites is 1. The fourth-order valence-corrected chi connectivity index (χ4v) is 2.52. The summed E-state index contributed by atoms with van der Waals surface area (Å²) in [5.41, 5.74) is 2.80. The van der Waals surface area contributed by atoms with Crippen LogP contribution in [0, 0.1) is 11.3 Å². The van der Waals surface area contributed by atoms with Gasteiger partial charge in [-0.3, -0.25) is 0 Å². The number of nitrogens with zero attached hydrogens (tertiary/aromatic N) is 1. The summed E-state index contributed by atoms with van der Waals surface area (Å²) in [6, 6.07) is 17.1. The predicted octanol–water partition coefficient (Wildman–Crippen LogP) is 4.31. The number of thiol groups is 1. The molecule has 0 amide bonds. The zero-order chi connectivity index (χ0) is 14.4. The molecule has 0 aromatic heterocycles. The maximum atomic E-state index is 11.1. The van der Waals surface area contributed by atoms with Crippen LogP contribution in [0.5, 0.6) is 5.75 Å². The Morgan fingerprint density at radius 2 is 1.80 bits per heavy atom. The molecule has 0 aliphatic heterocycles. The van der Waals surface area contributed by atoms with Gasteiger partial charge in [0, 0.05) is 5.56 Å². The molecular formula is C15H13NO2PS+. The molecule has 2 aromatic carbocycles. The first-order chi connectivity index (χ1) is 9.69. The first kappa shape index (κ1) is 14.6. The summed E-state index contributed by atoms with van der Waals surface area (Å²) < 4.78 is 16.3. The van der Waals surface area contributed by atoms with E-state index in [4.69, 9.17) is 9.79 Å². The van der Waals surface area contributed by atoms with Crippen LogP contribution in [0.1, 0.15) is 16.7 Å². The standard InChI is InChI=1S/C15H12NO2PS/c16-11-13-7-5-12(6-8-13)9-10-14-3-1-2-4-15(14)18-19(17)20/h1-8H,9-10H2/p+1. The smallest absolute Gasteiger partial charge is 0.245 e. The van der Waals surface area contributed by atoms with Gasteiger partial charge in [-0.25, -0.2) is 4.52 Å². The maximum Gasteiger partial charge on any atom is 0.631 e. The molecule has 20 heavy (non-hydrogen) atoms. The second-order valence-corrected chi connectivity index (χ2v) is 5.88. The van der Waals surface area contributed by atoms with Crippen molar-refractivity contribution in [2.24, 2.45) is 0 Å². The summed E-state index contributed by atoms with van der Waals surface area (Å²) in [5.74, 6) is 0.609. The molecule has 0 aliphatic rings. The van der Waals surface area contributed by atoms with Crippen LogP contribution in [0.15, 0.2) is 48.5 Å². The first-order valence-corrected chi connectivity index (χ1v) is 8.43. The first-order valence-electron chi connectivity index (χ1n) is 6.10. The van der Waals surface area contributed by atoms with Crippen molar-refractivity contribution in [3.05, 3.63) is 65.2 Å². The molecule has 2 rings (SSSR count). The molecule has 0 aliphatic carbocycles. The van der Waals surface area contributed by atoms with Crippen LogP contribution < -0.4 is 4.52 Å². The lowest BCUT2D eigenvalue weighted by Crippen LogP contribution is -1.94. The van der Waals surface area contributed by atoms with E-state index in [1.807, 2.05) is 42.5 Å². The lowest BCUT2D eigenvalue weighted by Gasteiger charge is -2.04. The number of hydrogen-bond acceptors (Lipinski definition) is 3. The topological polar surface area (TPSA) is 50.1 Å². The van der Waals surface area contributed by atoms with E-state index in [1.54, 1.807) is 6.07 Å². The normalized spacial score (nSPS) is 10.7. The quantitative estimate of drug-likeness (QED) is 0.661. The van der Waals surface area contributed by atoms with Crippen molar-refractivity contribution in [3.8, 4) is 11.8 Å². The molecular weight excluding hydrogens is 289 g/mol. The number of rotatable bonds is 5. The minimum Gasteiger partial charge on any atom is -0.245 e. The van der Waals surface area contributed by atoms with Crippen molar-refractivity contribution in [2.45, 2.75) is 12.8 Å². The van der Waals surface area contributed by atoms with E-state index < -0.39 is 7.23 Å². The van der Waals surface area contributed by atoms with Crippen LogP contribution in [-0.2, 0) is 17.4 Å². The summed E-state index contributed by atoms with van der Waals surface area (Å²) in [7, 11) is -1.96. The third kappa shape index (κ3) is 4.09. The van der Waals surface area contributed by atoms with Gasteiger partial charge in [0.15, 0.2) is 18.0 Å². The van der Waals surface area contributed by atoms with Gasteiger partial charge in [0.1, 0.15) is 0 Å². The Balaban J connectivity index is 2.06. The van der Waals surface area contributed by atoms with E-state index in [9.17, 15) is 4.57 Å². The Labute approximate surface area is 124 Å². The highest BCUT2D eigenvalue weighted by atomic mass is 32.7. The Morgan fingerprint density at radius 1 is 1.10 bits per heavy atom. The van der Waals surface area contributed by atoms with Gasteiger partial charge in [-0.15, -0.1) is 0 Å². The second kappa shape index (κ2) is 7.09. The molecule has 100 valence electrons. The van der Waals surface area contributed by atoms with Crippen molar-refractivity contribution < 1.29 is 9.09 Å². The summed E-state index contributed by atoms with van der Waals surface area (Å²) in [6.07, 6.45) is 1.61. The zero-order valence-corrected chi connectivity index (χ0v) is 12.5. The molecule has 0 bridgehead atoms. The Kier molecular flexibility index (Phi) is 5.17. The number of benzene rings is 2. The lowest BCUT2D eigenvalue weighted by atomic mass is 10.0. The number of aryl methyl sites for hydroxylation is 2. The van der Waals surface area contributed by atoms with Gasteiger partial charge < -0.3 is 0 Å². The number of nitriles is 1. The molecule has 1 atom stereocenters. The Morgan fingerprint density at radius 3 is 2.45 bits per heavy atom. The van der Waals surface area contributed by atoms with Gasteiger partial charge in [-0.05, 0) is 41.2 Å². The Hall–Kier alpha value is -1.82. The molecule has 5 heteroatoms. The molecule has 0 N–H and O–H groups in total. The minimum atomic E-state index is -1.96. The summed E-state index contributed by atoms with van der Waals surface area (Å²) in [4.78, 5) is 0. The average Bonchev–Trinajstić information content (AvgIpc) is 2.46. The van der Waals surface area contributed by atoms with Gasteiger partial charge in [0.05, 0.1) is 11.6 Å². The molecule has 0 fully saturated rings. The van der Waals surface area contributed by atoms with Crippen molar-refractivity contribution in [2.75, 3.05) is 0 Å².